The van der Waals surface area contributed by atoms with Gasteiger partial charge in [-0.2, -0.15) is 5.10 Å². The topological polar surface area (TPSA) is 68.2 Å². The number of aromatic nitrogens is 3. The Labute approximate surface area is 100 Å². The van der Waals surface area contributed by atoms with Crippen molar-refractivity contribution < 1.29 is 0 Å². The summed E-state index contributed by atoms with van der Waals surface area (Å²) >= 11 is 0. The van der Waals surface area contributed by atoms with Crippen LogP contribution in [-0.4, -0.2) is 26.7 Å². The van der Waals surface area contributed by atoms with Crippen LogP contribution in [0.4, 0.5) is 5.82 Å². The van der Waals surface area contributed by atoms with Crippen molar-refractivity contribution in [2.24, 2.45) is 5.73 Å². The van der Waals surface area contributed by atoms with E-state index in [4.69, 9.17) is 5.73 Å². The van der Waals surface area contributed by atoms with Gasteiger partial charge in [-0.15, -0.1) is 0 Å². The highest BCUT2D eigenvalue weighted by Gasteiger charge is 2.34. The van der Waals surface area contributed by atoms with Crippen molar-refractivity contribution in [2.45, 2.75) is 38.3 Å². The highest BCUT2D eigenvalue weighted by atomic mass is 15.2. The molecule has 3 rings (SSSR count). The lowest BCUT2D eigenvalue weighted by molar-refractivity contribution is 0.787. The average molecular weight is 231 g/mol. The molecule has 5 nitrogen and oxygen atoms in total. The molecule has 0 aromatic carbocycles. The summed E-state index contributed by atoms with van der Waals surface area (Å²) in [6.07, 6.45) is 4.66. The molecular weight excluding hydrogens is 214 g/mol. The highest BCUT2D eigenvalue weighted by Crippen LogP contribution is 2.26. The fourth-order valence-electron chi connectivity index (χ4n) is 1.89. The van der Waals surface area contributed by atoms with Crippen LogP contribution < -0.4 is 11.1 Å². The number of fused-ring (bicyclic) bond motifs is 1. The molecule has 0 spiro atoms. The first-order chi connectivity index (χ1) is 8.15. The van der Waals surface area contributed by atoms with Crippen LogP contribution in [-0.2, 0) is 0 Å². The summed E-state index contributed by atoms with van der Waals surface area (Å²) in [5.41, 5.74) is 7.91. The summed E-state index contributed by atoms with van der Waals surface area (Å²) in [5.74, 6) is 1.30. The van der Waals surface area contributed by atoms with Crippen molar-refractivity contribution in [1.29, 1.82) is 0 Å². The molecule has 0 aliphatic heterocycles. The van der Waals surface area contributed by atoms with E-state index < -0.39 is 0 Å². The Morgan fingerprint density at radius 2 is 2.29 bits per heavy atom. The van der Waals surface area contributed by atoms with Gasteiger partial charge in [0.05, 0.1) is 5.69 Å². The molecule has 5 heteroatoms. The second kappa shape index (κ2) is 3.70. The fourth-order valence-corrected chi connectivity index (χ4v) is 1.89. The fraction of sp³-hybridized carbons (Fsp3) is 0.500. The zero-order valence-electron chi connectivity index (χ0n) is 10.1. The predicted molar refractivity (Wildman–Crippen MR) is 67.1 cm³/mol. The summed E-state index contributed by atoms with van der Waals surface area (Å²) in [6, 6.07) is 2.73. The Balaban J connectivity index is 1.99. The monoisotopic (exact) mass is 231 g/mol. The lowest BCUT2D eigenvalue weighted by Gasteiger charge is -2.04. The van der Waals surface area contributed by atoms with Crippen molar-refractivity contribution in [1.82, 2.24) is 14.6 Å². The maximum atomic E-state index is 5.80. The van der Waals surface area contributed by atoms with Gasteiger partial charge >= 0.3 is 0 Å². The molecule has 0 amide bonds. The van der Waals surface area contributed by atoms with Gasteiger partial charge in [0, 0.05) is 24.5 Å². The Bertz CT molecular complexity index is 545. The van der Waals surface area contributed by atoms with Crippen LogP contribution in [0.5, 0.6) is 0 Å². The molecule has 2 unspecified atom stereocenters. The van der Waals surface area contributed by atoms with Crippen molar-refractivity contribution in [2.75, 3.05) is 5.32 Å². The van der Waals surface area contributed by atoms with Crippen molar-refractivity contribution in [3.63, 3.8) is 0 Å². The summed E-state index contributed by atoms with van der Waals surface area (Å²) in [7, 11) is 0. The van der Waals surface area contributed by atoms with Crippen molar-refractivity contribution in [3.8, 4) is 0 Å². The van der Waals surface area contributed by atoms with Crippen molar-refractivity contribution in [3.05, 3.63) is 24.2 Å². The maximum Gasteiger partial charge on any atom is 0.152 e. The quantitative estimate of drug-likeness (QED) is 0.837. The van der Waals surface area contributed by atoms with Crippen LogP contribution in [0, 0.1) is 0 Å². The Hall–Kier alpha value is -1.62. The number of nitrogens with zero attached hydrogens (tertiary/aromatic N) is 3. The molecule has 0 radical (unpaired) electrons. The molecule has 1 aliphatic carbocycles. The minimum atomic E-state index is 0.268. The van der Waals surface area contributed by atoms with Gasteiger partial charge in [-0.25, -0.2) is 9.50 Å². The van der Waals surface area contributed by atoms with Crippen LogP contribution in [0.3, 0.4) is 0 Å². The van der Waals surface area contributed by atoms with Gasteiger partial charge in [0.15, 0.2) is 5.82 Å². The molecule has 1 aliphatic rings. The lowest BCUT2D eigenvalue weighted by Crippen LogP contribution is -2.14. The third-order valence-electron chi connectivity index (χ3n) is 3.16. The number of nitrogens with one attached hydrogen (secondary N) is 1. The van der Waals surface area contributed by atoms with E-state index in [9.17, 15) is 0 Å². The molecule has 1 saturated carbocycles. The van der Waals surface area contributed by atoms with Gasteiger partial charge in [0.25, 0.3) is 0 Å². The molecule has 1 fully saturated rings. The Morgan fingerprint density at radius 3 is 2.94 bits per heavy atom. The van der Waals surface area contributed by atoms with Gasteiger partial charge < -0.3 is 11.1 Å². The molecule has 0 bridgehead atoms. The second-order valence-electron chi connectivity index (χ2n) is 4.98. The normalized spacial score (nSPS) is 23.3. The number of nitrogens with two attached hydrogens (primary N) is 1. The van der Waals surface area contributed by atoms with Crippen LogP contribution in [0.25, 0.3) is 5.52 Å². The number of anilines is 1. The number of rotatable bonds is 3. The van der Waals surface area contributed by atoms with Gasteiger partial charge in [-0.1, -0.05) is 13.8 Å². The summed E-state index contributed by atoms with van der Waals surface area (Å²) < 4.78 is 1.87. The largest absolute Gasteiger partial charge is 0.364 e. The third kappa shape index (κ3) is 1.86. The van der Waals surface area contributed by atoms with E-state index in [0.29, 0.717) is 12.0 Å². The molecule has 2 aromatic rings. The van der Waals surface area contributed by atoms with Crippen LogP contribution in [0.1, 0.15) is 31.9 Å². The second-order valence-corrected chi connectivity index (χ2v) is 4.98. The van der Waals surface area contributed by atoms with Crippen molar-refractivity contribution >= 4 is 11.3 Å². The van der Waals surface area contributed by atoms with E-state index >= 15 is 0 Å². The molecule has 3 N–H and O–H groups in total. The Kier molecular flexibility index (Phi) is 2.29. The zero-order chi connectivity index (χ0) is 12.0. The van der Waals surface area contributed by atoms with Gasteiger partial charge in [0.1, 0.15) is 5.52 Å². The van der Waals surface area contributed by atoms with Gasteiger partial charge in [0.2, 0.25) is 0 Å². The molecule has 90 valence electrons. The Morgan fingerprint density at radius 1 is 1.53 bits per heavy atom. The van der Waals surface area contributed by atoms with E-state index in [-0.39, 0.29) is 6.04 Å². The van der Waals surface area contributed by atoms with E-state index in [1.165, 1.54) is 0 Å². The van der Waals surface area contributed by atoms with E-state index in [2.05, 4.69) is 35.3 Å². The first-order valence-corrected chi connectivity index (χ1v) is 6.01. The van der Waals surface area contributed by atoms with Crippen LogP contribution >= 0.6 is 0 Å². The number of hydrogen-bond donors (Lipinski definition) is 2. The SMILES string of the molecule is CC(C)c1cc2c(NC3CC3N)nccn2n1. The van der Waals surface area contributed by atoms with Gasteiger partial charge in [-0.3, -0.25) is 0 Å². The zero-order valence-corrected chi connectivity index (χ0v) is 10.1. The summed E-state index contributed by atoms with van der Waals surface area (Å²) in [6.45, 7) is 4.28. The summed E-state index contributed by atoms with van der Waals surface area (Å²) in [5, 5.41) is 7.89. The van der Waals surface area contributed by atoms with Crippen LogP contribution in [0.2, 0.25) is 0 Å². The summed E-state index contributed by atoms with van der Waals surface area (Å²) in [4.78, 5) is 4.37. The molecule has 0 saturated heterocycles. The lowest BCUT2D eigenvalue weighted by atomic mass is 10.1. The van der Waals surface area contributed by atoms with E-state index in [1.54, 1.807) is 6.20 Å². The molecular formula is C12H17N5. The van der Waals surface area contributed by atoms with Gasteiger partial charge in [-0.05, 0) is 18.4 Å². The molecule has 17 heavy (non-hydrogen) atoms. The minimum absolute atomic E-state index is 0.268. The first kappa shape index (κ1) is 10.5. The molecule has 2 aromatic heterocycles. The number of hydrogen-bond acceptors (Lipinski definition) is 4. The minimum Gasteiger partial charge on any atom is -0.364 e. The van der Waals surface area contributed by atoms with Crippen LogP contribution in [0.15, 0.2) is 18.5 Å². The molecule has 2 atom stereocenters. The smallest absolute Gasteiger partial charge is 0.152 e. The average Bonchev–Trinajstić information content (AvgIpc) is 2.80. The highest BCUT2D eigenvalue weighted by molar-refractivity contribution is 5.68. The predicted octanol–water partition coefficient (Wildman–Crippen LogP) is 1.36. The molecule has 2 heterocycles. The maximum absolute atomic E-state index is 5.80. The third-order valence-corrected chi connectivity index (χ3v) is 3.16. The standard InChI is InChI=1S/C12H17N5/c1-7(2)9-6-11-12(15-10-5-8(10)13)14-3-4-17(11)16-9/h3-4,6-8,10H,5,13H2,1-2H3,(H,14,15). The van der Waals surface area contributed by atoms with E-state index in [0.717, 1.165) is 23.4 Å². The first-order valence-electron chi connectivity index (χ1n) is 6.01. The van der Waals surface area contributed by atoms with E-state index in [1.807, 2.05) is 10.7 Å².